The quantitative estimate of drug-likeness (QED) is 0.384. The van der Waals surface area contributed by atoms with E-state index in [2.05, 4.69) is 4.98 Å². The summed E-state index contributed by atoms with van der Waals surface area (Å²) in [5, 5.41) is 0. The summed E-state index contributed by atoms with van der Waals surface area (Å²) in [6.07, 6.45) is 3.49. The molecule has 2 aromatic heterocycles. The van der Waals surface area contributed by atoms with Crippen LogP contribution in [0.4, 0.5) is 0 Å². The number of imidazole rings is 1. The number of carbonyl (C=O) groups is 1. The van der Waals surface area contributed by atoms with Crippen molar-refractivity contribution in [2.45, 2.75) is 6.92 Å². The highest BCUT2D eigenvalue weighted by Crippen LogP contribution is 2.07. The smallest absolute Gasteiger partial charge is 0.285 e. The van der Waals surface area contributed by atoms with Crippen molar-refractivity contribution >= 4 is 11.6 Å². The molecule has 0 saturated heterocycles. The standard InChI is InChI=1S/C9H10N4O/c1-6-2-3-13-5-7(9(14)12-10)11-8(13)4-6/h2-5H,10H2,1H3,(H,12,14). The zero-order chi connectivity index (χ0) is 10.1. The van der Waals surface area contributed by atoms with E-state index in [0.717, 1.165) is 11.2 Å². The Labute approximate surface area is 80.5 Å². The van der Waals surface area contributed by atoms with Crippen molar-refractivity contribution in [2.75, 3.05) is 0 Å². The van der Waals surface area contributed by atoms with Crippen LogP contribution in [0.1, 0.15) is 16.1 Å². The number of aryl methyl sites for hydroxylation is 1. The fraction of sp³-hybridized carbons (Fsp3) is 0.111. The summed E-state index contributed by atoms with van der Waals surface area (Å²) in [5.41, 5.74) is 4.20. The highest BCUT2D eigenvalue weighted by Gasteiger charge is 2.08. The molecule has 5 nitrogen and oxygen atoms in total. The molecule has 5 heteroatoms. The summed E-state index contributed by atoms with van der Waals surface area (Å²) in [6, 6.07) is 3.84. The Hall–Kier alpha value is -1.88. The SMILES string of the molecule is Cc1ccn2cc(C(=O)NN)nc2c1. The summed E-state index contributed by atoms with van der Waals surface area (Å²) in [5.74, 6) is 4.62. The summed E-state index contributed by atoms with van der Waals surface area (Å²) in [6.45, 7) is 1.97. The Morgan fingerprint density at radius 1 is 1.64 bits per heavy atom. The highest BCUT2D eigenvalue weighted by atomic mass is 16.2. The number of hydrogen-bond donors (Lipinski definition) is 2. The van der Waals surface area contributed by atoms with Gasteiger partial charge < -0.3 is 4.40 Å². The van der Waals surface area contributed by atoms with Crippen LogP contribution in [0.5, 0.6) is 0 Å². The summed E-state index contributed by atoms with van der Waals surface area (Å²) >= 11 is 0. The van der Waals surface area contributed by atoms with Gasteiger partial charge in [-0.3, -0.25) is 10.2 Å². The third kappa shape index (κ3) is 1.33. The van der Waals surface area contributed by atoms with E-state index >= 15 is 0 Å². The van der Waals surface area contributed by atoms with Crippen LogP contribution < -0.4 is 11.3 Å². The molecule has 2 rings (SSSR count). The maximum absolute atomic E-state index is 11.2. The van der Waals surface area contributed by atoms with E-state index in [1.54, 1.807) is 10.6 Å². The van der Waals surface area contributed by atoms with Gasteiger partial charge in [0.2, 0.25) is 0 Å². The first-order valence-corrected chi connectivity index (χ1v) is 4.17. The van der Waals surface area contributed by atoms with Gasteiger partial charge in [0.05, 0.1) is 0 Å². The summed E-state index contributed by atoms with van der Waals surface area (Å²) < 4.78 is 1.78. The molecule has 0 fully saturated rings. The number of carbonyl (C=O) groups excluding carboxylic acids is 1. The fourth-order valence-electron chi connectivity index (χ4n) is 1.27. The van der Waals surface area contributed by atoms with Crippen LogP contribution in [-0.2, 0) is 0 Å². The number of nitrogens with zero attached hydrogens (tertiary/aromatic N) is 2. The molecule has 0 aliphatic carbocycles. The van der Waals surface area contributed by atoms with Gasteiger partial charge in [-0.1, -0.05) is 0 Å². The van der Waals surface area contributed by atoms with Crippen molar-refractivity contribution < 1.29 is 4.79 Å². The van der Waals surface area contributed by atoms with E-state index < -0.39 is 0 Å². The van der Waals surface area contributed by atoms with Gasteiger partial charge in [-0.05, 0) is 24.6 Å². The van der Waals surface area contributed by atoms with Crippen molar-refractivity contribution in [3.05, 3.63) is 35.8 Å². The first-order chi connectivity index (χ1) is 6.70. The maximum Gasteiger partial charge on any atom is 0.285 e. The molecule has 0 unspecified atom stereocenters. The van der Waals surface area contributed by atoms with Gasteiger partial charge in [0, 0.05) is 12.4 Å². The molecule has 3 N–H and O–H groups in total. The van der Waals surface area contributed by atoms with E-state index in [9.17, 15) is 4.79 Å². The van der Waals surface area contributed by atoms with E-state index in [0.29, 0.717) is 5.69 Å². The third-order valence-electron chi connectivity index (χ3n) is 1.98. The average molecular weight is 190 g/mol. The number of pyridine rings is 1. The summed E-state index contributed by atoms with van der Waals surface area (Å²) in [7, 11) is 0. The molecule has 0 atom stereocenters. The number of fused-ring (bicyclic) bond motifs is 1. The predicted molar refractivity (Wildman–Crippen MR) is 51.6 cm³/mol. The Bertz CT molecular complexity index is 489. The molecular formula is C9H10N4O. The number of aromatic nitrogens is 2. The summed E-state index contributed by atoms with van der Waals surface area (Å²) in [4.78, 5) is 15.3. The van der Waals surface area contributed by atoms with Gasteiger partial charge in [-0.15, -0.1) is 0 Å². The minimum atomic E-state index is -0.383. The second kappa shape index (κ2) is 3.12. The molecule has 0 aliphatic rings. The molecule has 0 radical (unpaired) electrons. The predicted octanol–water partition coefficient (Wildman–Crippen LogP) is 0.246. The number of amides is 1. The normalized spacial score (nSPS) is 10.4. The molecule has 0 aromatic carbocycles. The third-order valence-corrected chi connectivity index (χ3v) is 1.98. The number of rotatable bonds is 1. The second-order valence-electron chi connectivity index (χ2n) is 3.07. The van der Waals surface area contributed by atoms with Crippen molar-refractivity contribution in [3.63, 3.8) is 0 Å². The monoisotopic (exact) mass is 190 g/mol. The average Bonchev–Trinajstić information content (AvgIpc) is 2.59. The van der Waals surface area contributed by atoms with Gasteiger partial charge >= 0.3 is 0 Å². The maximum atomic E-state index is 11.2. The number of hydrazine groups is 1. The van der Waals surface area contributed by atoms with Crippen LogP contribution >= 0.6 is 0 Å². The Morgan fingerprint density at radius 2 is 2.43 bits per heavy atom. The molecule has 2 aromatic rings. The van der Waals surface area contributed by atoms with Gasteiger partial charge in [0.25, 0.3) is 5.91 Å². The first-order valence-electron chi connectivity index (χ1n) is 4.17. The van der Waals surface area contributed by atoms with Crippen LogP contribution in [-0.4, -0.2) is 15.3 Å². The number of nitrogen functional groups attached to an aromatic ring is 1. The van der Waals surface area contributed by atoms with Gasteiger partial charge in [-0.25, -0.2) is 10.8 Å². The highest BCUT2D eigenvalue weighted by molar-refractivity contribution is 5.92. The van der Waals surface area contributed by atoms with Gasteiger partial charge in [0.1, 0.15) is 11.3 Å². The van der Waals surface area contributed by atoms with E-state index in [1.165, 1.54) is 0 Å². The van der Waals surface area contributed by atoms with Crippen LogP contribution in [0.25, 0.3) is 5.65 Å². The molecule has 0 saturated carbocycles. The number of hydrogen-bond acceptors (Lipinski definition) is 3. The van der Waals surface area contributed by atoms with E-state index in [-0.39, 0.29) is 5.91 Å². The second-order valence-corrected chi connectivity index (χ2v) is 3.07. The lowest BCUT2D eigenvalue weighted by Crippen LogP contribution is -2.30. The van der Waals surface area contributed by atoms with Crippen molar-refractivity contribution in [3.8, 4) is 0 Å². The lowest BCUT2D eigenvalue weighted by molar-refractivity contribution is 0.0949. The largest absolute Gasteiger partial charge is 0.306 e. The first kappa shape index (κ1) is 8.71. The van der Waals surface area contributed by atoms with Crippen molar-refractivity contribution in [1.82, 2.24) is 14.8 Å². The molecule has 0 bridgehead atoms. The Balaban J connectivity index is 2.56. The van der Waals surface area contributed by atoms with Crippen LogP contribution in [0.2, 0.25) is 0 Å². The fourth-order valence-corrected chi connectivity index (χ4v) is 1.27. The van der Waals surface area contributed by atoms with Crippen molar-refractivity contribution in [1.29, 1.82) is 0 Å². The van der Waals surface area contributed by atoms with Gasteiger partial charge in [-0.2, -0.15) is 0 Å². The molecule has 2 heterocycles. The minimum Gasteiger partial charge on any atom is -0.306 e. The van der Waals surface area contributed by atoms with E-state index in [1.807, 2.05) is 30.7 Å². The molecule has 0 aliphatic heterocycles. The molecule has 0 spiro atoms. The van der Waals surface area contributed by atoms with Crippen LogP contribution in [0.3, 0.4) is 0 Å². The lowest BCUT2D eigenvalue weighted by atomic mass is 10.3. The zero-order valence-electron chi connectivity index (χ0n) is 7.69. The van der Waals surface area contributed by atoms with E-state index in [4.69, 9.17) is 5.84 Å². The molecule has 14 heavy (non-hydrogen) atoms. The molecular weight excluding hydrogens is 180 g/mol. The van der Waals surface area contributed by atoms with Crippen molar-refractivity contribution in [2.24, 2.45) is 5.84 Å². The topological polar surface area (TPSA) is 72.4 Å². The Kier molecular flexibility index (Phi) is 1.94. The molecule has 72 valence electrons. The minimum absolute atomic E-state index is 0.318. The van der Waals surface area contributed by atoms with Crippen LogP contribution in [0.15, 0.2) is 24.5 Å². The van der Waals surface area contributed by atoms with Crippen LogP contribution in [0, 0.1) is 6.92 Å². The zero-order valence-corrected chi connectivity index (χ0v) is 7.69. The molecule has 1 amide bonds. The number of nitrogens with one attached hydrogen (secondary N) is 1. The lowest BCUT2D eigenvalue weighted by Gasteiger charge is -1.92. The van der Waals surface area contributed by atoms with Gasteiger partial charge in [0.15, 0.2) is 0 Å². The Morgan fingerprint density at radius 3 is 3.14 bits per heavy atom. The number of nitrogens with two attached hydrogens (primary N) is 1.